The summed E-state index contributed by atoms with van der Waals surface area (Å²) in [7, 11) is -3.65. The number of nitriles is 1. The summed E-state index contributed by atoms with van der Waals surface area (Å²) in [5, 5.41) is 10.8. The topological polar surface area (TPSA) is 122 Å². The van der Waals surface area contributed by atoms with Gasteiger partial charge in [0.1, 0.15) is 24.0 Å². The molecule has 0 aliphatic rings. The third kappa shape index (κ3) is 5.78. The molecule has 0 atom stereocenters. The number of aromatic nitrogens is 2. The number of nitrogens with zero attached hydrogens (tertiary/aromatic N) is 3. The number of amides is 1. The number of carbonyl (C=O) groups excluding carboxylic acids is 1. The molecular weight excluding hydrogens is 448 g/mol. The summed E-state index contributed by atoms with van der Waals surface area (Å²) in [6.45, 7) is 3.46. The first-order valence-electron chi connectivity index (χ1n) is 9.57. The van der Waals surface area contributed by atoms with Gasteiger partial charge in [0.05, 0.1) is 5.25 Å². The van der Waals surface area contributed by atoms with E-state index in [9.17, 15) is 18.5 Å². The van der Waals surface area contributed by atoms with Crippen molar-refractivity contribution in [3.8, 4) is 11.8 Å². The predicted octanol–water partition coefficient (Wildman–Crippen LogP) is 3.84. The minimum Gasteiger partial charge on any atom is -0.489 e. The highest BCUT2D eigenvalue weighted by molar-refractivity contribution is 7.91. The largest absolute Gasteiger partial charge is 0.489 e. The van der Waals surface area contributed by atoms with Crippen LogP contribution in [0.25, 0.3) is 6.08 Å². The Kier molecular flexibility index (Phi) is 7.35. The summed E-state index contributed by atoms with van der Waals surface area (Å²) in [4.78, 5) is 16.3. The quantitative estimate of drug-likeness (QED) is 0.394. The second kappa shape index (κ2) is 10.2. The molecule has 1 aromatic heterocycles. The zero-order valence-corrected chi connectivity index (χ0v) is 19.0. The Bertz CT molecular complexity index is 1260. The molecule has 3 rings (SSSR count). The Hall–Kier alpha value is -3.55. The zero-order chi connectivity index (χ0) is 23.1. The van der Waals surface area contributed by atoms with E-state index in [1.807, 2.05) is 36.4 Å². The standard InChI is InChI=1S/C22H20N4O4S2/c1-15(2)32(28,29)22-25-21(31-26-22)24-20(27)18(13-23)12-16-8-10-19(11-9-16)30-14-17-6-4-3-5-7-17/h3-12,15H,14H2,1-2H3,(H,24,25,26,27)/b18-12-. The van der Waals surface area contributed by atoms with Crippen molar-refractivity contribution in [2.75, 3.05) is 5.32 Å². The third-order valence-electron chi connectivity index (χ3n) is 4.31. The minimum absolute atomic E-state index is 0.0000323. The first-order chi connectivity index (χ1) is 15.3. The molecule has 0 aliphatic heterocycles. The normalized spacial score (nSPS) is 11.8. The molecule has 0 saturated heterocycles. The molecule has 8 nitrogen and oxygen atoms in total. The average Bonchev–Trinajstić information content (AvgIpc) is 3.26. The summed E-state index contributed by atoms with van der Waals surface area (Å²) in [5.41, 5.74) is 1.51. The molecular formula is C22H20N4O4S2. The van der Waals surface area contributed by atoms with Crippen LogP contribution in [0.15, 0.2) is 65.3 Å². The molecule has 0 aliphatic carbocycles. The Morgan fingerprint density at radius 1 is 1.19 bits per heavy atom. The number of carbonyl (C=O) groups is 1. The number of benzene rings is 2. The van der Waals surface area contributed by atoms with Crippen molar-refractivity contribution in [2.45, 2.75) is 30.9 Å². The Labute approximate surface area is 190 Å². The van der Waals surface area contributed by atoms with E-state index in [2.05, 4.69) is 14.7 Å². The van der Waals surface area contributed by atoms with Gasteiger partial charge in [0.15, 0.2) is 0 Å². The highest BCUT2D eigenvalue weighted by Crippen LogP contribution is 2.20. The number of hydrogen-bond acceptors (Lipinski definition) is 8. The molecule has 0 bridgehead atoms. The van der Waals surface area contributed by atoms with Gasteiger partial charge >= 0.3 is 0 Å². The van der Waals surface area contributed by atoms with Crippen LogP contribution in [0.3, 0.4) is 0 Å². The molecule has 1 amide bonds. The lowest BCUT2D eigenvalue weighted by Gasteiger charge is -2.06. The smallest absolute Gasteiger partial charge is 0.268 e. The van der Waals surface area contributed by atoms with E-state index in [-0.39, 0.29) is 15.9 Å². The minimum atomic E-state index is -3.65. The highest BCUT2D eigenvalue weighted by atomic mass is 32.2. The van der Waals surface area contributed by atoms with Crippen LogP contribution in [-0.4, -0.2) is 28.9 Å². The monoisotopic (exact) mass is 468 g/mol. The van der Waals surface area contributed by atoms with Crippen LogP contribution in [0.2, 0.25) is 0 Å². The van der Waals surface area contributed by atoms with Gasteiger partial charge in [-0.05, 0) is 43.2 Å². The first kappa shape index (κ1) is 23.1. The molecule has 0 radical (unpaired) electrons. The van der Waals surface area contributed by atoms with Gasteiger partial charge in [0, 0.05) is 11.5 Å². The van der Waals surface area contributed by atoms with Crippen molar-refractivity contribution in [3.63, 3.8) is 0 Å². The molecule has 32 heavy (non-hydrogen) atoms. The molecule has 1 N–H and O–H groups in total. The fraction of sp³-hybridized carbons (Fsp3) is 0.182. The SMILES string of the molecule is CC(C)S(=O)(=O)c1nsc(NC(=O)/C(C#N)=C\c2ccc(OCc3ccccc3)cc2)n1. The van der Waals surface area contributed by atoms with E-state index >= 15 is 0 Å². The molecule has 0 saturated carbocycles. The summed E-state index contributed by atoms with van der Waals surface area (Å²) in [6, 6.07) is 18.5. The lowest BCUT2D eigenvalue weighted by atomic mass is 10.1. The number of sulfone groups is 1. The number of anilines is 1. The summed E-state index contributed by atoms with van der Waals surface area (Å²) in [5.74, 6) is -0.0525. The zero-order valence-electron chi connectivity index (χ0n) is 17.3. The second-order valence-corrected chi connectivity index (χ2v) is 10.1. The van der Waals surface area contributed by atoms with Gasteiger partial charge in [-0.1, -0.05) is 42.5 Å². The van der Waals surface area contributed by atoms with Gasteiger partial charge in [-0.2, -0.15) is 14.6 Å². The van der Waals surface area contributed by atoms with Crippen LogP contribution in [0, 0.1) is 11.3 Å². The Morgan fingerprint density at radius 2 is 1.88 bits per heavy atom. The fourth-order valence-corrected chi connectivity index (χ4v) is 4.16. The third-order valence-corrected chi connectivity index (χ3v) is 6.99. The van der Waals surface area contributed by atoms with Gasteiger partial charge in [0.2, 0.25) is 15.0 Å². The van der Waals surface area contributed by atoms with Crippen LogP contribution < -0.4 is 10.1 Å². The molecule has 1 heterocycles. The van der Waals surface area contributed by atoms with E-state index in [1.54, 1.807) is 24.3 Å². The number of nitrogens with one attached hydrogen (secondary N) is 1. The molecule has 2 aromatic carbocycles. The fourth-order valence-electron chi connectivity index (χ4n) is 2.47. The van der Waals surface area contributed by atoms with E-state index < -0.39 is 21.0 Å². The number of rotatable bonds is 8. The summed E-state index contributed by atoms with van der Waals surface area (Å²) < 4.78 is 33.7. The Balaban J connectivity index is 1.66. The van der Waals surface area contributed by atoms with Crippen molar-refractivity contribution >= 4 is 38.5 Å². The molecule has 0 spiro atoms. The molecule has 3 aromatic rings. The van der Waals surface area contributed by atoms with Crippen molar-refractivity contribution in [1.82, 2.24) is 9.36 Å². The van der Waals surface area contributed by atoms with Crippen LogP contribution in [-0.2, 0) is 21.2 Å². The maximum absolute atomic E-state index is 12.4. The average molecular weight is 469 g/mol. The van der Waals surface area contributed by atoms with Crippen molar-refractivity contribution in [3.05, 3.63) is 71.3 Å². The van der Waals surface area contributed by atoms with Gasteiger partial charge in [-0.3, -0.25) is 10.1 Å². The molecule has 10 heteroatoms. The van der Waals surface area contributed by atoms with E-state index in [1.165, 1.54) is 19.9 Å². The molecule has 0 fully saturated rings. The van der Waals surface area contributed by atoms with Crippen molar-refractivity contribution in [1.29, 1.82) is 5.26 Å². The van der Waals surface area contributed by atoms with E-state index in [0.29, 0.717) is 17.9 Å². The highest BCUT2D eigenvalue weighted by Gasteiger charge is 2.25. The van der Waals surface area contributed by atoms with Crippen molar-refractivity contribution in [2.24, 2.45) is 0 Å². The molecule has 0 unspecified atom stereocenters. The van der Waals surface area contributed by atoms with E-state index in [0.717, 1.165) is 17.1 Å². The van der Waals surface area contributed by atoms with E-state index in [4.69, 9.17) is 4.74 Å². The van der Waals surface area contributed by atoms with Crippen LogP contribution in [0.4, 0.5) is 5.13 Å². The maximum atomic E-state index is 12.4. The number of hydrogen-bond donors (Lipinski definition) is 1. The number of ether oxygens (including phenoxy) is 1. The Morgan fingerprint density at radius 3 is 2.50 bits per heavy atom. The van der Waals surface area contributed by atoms with Crippen LogP contribution in [0.5, 0.6) is 5.75 Å². The lowest BCUT2D eigenvalue weighted by molar-refractivity contribution is -0.112. The van der Waals surface area contributed by atoms with Crippen molar-refractivity contribution < 1.29 is 17.9 Å². The summed E-state index contributed by atoms with van der Waals surface area (Å²) >= 11 is 0.737. The van der Waals surface area contributed by atoms with Gasteiger partial charge in [-0.25, -0.2) is 8.42 Å². The van der Waals surface area contributed by atoms with Gasteiger partial charge < -0.3 is 4.74 Å². The molecule has 164 valence electrons. The van der Waals surface area contributed by atoms with Crippen LogP contribution in [0.1, 0.15) is 25.0 Å². The first-order valence-corrected chi connectivity index (χ1v) is 11.9. The summed E-state index contributed by atoms with van der Waals surface area (Å²) in [6.07, 6.45) is 1.42. The second-order valence-electron chi connectivity index (χ2n) is 6.94. The van der Waals surface area contributed by atoms with Crippen LogP contribution >= 0.6 is 11.5 Å². The maximum Gasteiger partial charge on any atom is 0.268 e. The lowest BCUT2D eigenvalue weighted by Crippen LogP contribution is -2.16. The predicted molar refractivity (Wildman–Crippen MR) is 122 cm³/mol. The van der Waals surface area contributed by atoms with Gasteiger partial charge in [-0.15, -0.1) is 0 Å². The van der Waals surface area contributed by atoms with Gasteiger partial charge in [0.25, 0.3) is 11.1 Å².